The van der Waals surface area contributed by atoms with Gasteiger partial charge in [-0.3, -0.25) is 15.0 Å². The summed E-state index contributed by atoms with van der Waals surface area (Å²) in [5.41, 5.74) is 0.449. The van der Waals surface area contributed by atoms with Crippen LogP contribution in [-0.2, 0) is 12.7 Å². The number of phenolic OH excluding ortho intramolecular Hbond substituents is 1. The number of nitrogens with zero attached hydrogens (tertiary/aromatic N) is 3. The van der Waals surface area contributed by atoms with Crippen molar-refractivity contribution in [1.29, 1.82) is 0 Å². The number of alkyl halides is 3. The number of piperazine rings is 1. The Morgan fingerprint density at radius 3 is 2.22 bits per heavy atom. The maximum Gasteiger partial charge on any atom is 0.416 e. The summed E-state index contributed by atoms with van der Waals surface area (Å²) in [5, 5.41) is 20.8. The SMILES string of the molecule is O=[N+]([O-])c1ccc(O)c(CN2CCN(c3ccc(C(F)(F)F)cc3)CC2)c1. The summed E-state index contributed by atoms with van der Waals surface area (Å²) < 4.78 is 37.9. The van der Waals surface area contributed by atoms with Crippen molar-refractivity contribution in [1.82, 2.24) is 4.90 Å². The number of phenols is 1. The second-order valence-corrected chi connectivity index (χ2v) is 6.38. The van der Waals surface area contributed by atoms with Crippen molar-refractivity contribution < 1.29 is 23.2 Å². The van der Waals surface area contributed by atoms with Crippen LogP contribution >= 0.6 is 0 Å². The van der Waals surface area contributed by atoms with Gasteiger partial charge in [0.25, 0.3) is 5.69 Å². The Hall–Kier alpha value is -2.81. The highest BCUT2D eigenvalue weighted by molar-refractivity contribution is 5.48. The minimum Gasteiger partial charge on any atom is -0.508 e. The number of nitro benzene ring substituents is 1. The van der Waals surface area contributed by atoms with Crippen molar-refractivity contribution >= 4 is 11.4 Å². The normalized spacial score (nSPS) is 15.7. The summed E-state index contributed by atoms with van der Waals surface area (Å²) in [6.45, 7) is 2.85. The van der Waals surface area contributed by atoms with Gasteiger partial charge in [0.2, 0.25) is 0 Å². The van der Waals surface area contributed by atoms with E-state index in [1.807, 2.05) is 9.80 Å². The van der Waals surface area contributed by atoms with Gasteiger partial charge in [-0.2, -0.15) is 13.2 Å². The Morgan fingerprint density at radius 2 is 1.67 bits per heavy atom. The van der Waals surface area contributed by atoms with E-state index in [2.05, 4.69) is 0 Å². The highest BCUT2D eigenvalue weighted by Crippen LogP contribution is 2.31. The molecule has 0 bridgehead atoms. The molecule has 1 saturated heterocycles. The number of hydrogen-bond donors (Lipinski definition) is 1. The number of benzene rings is 2. The molecule has 1 aliphatic heterocycles. The van der Waals surface area contributed by atoms with Crippen molar-refractivity contribution in [3.8, 4) is 5.75 Å². The fourth-order valence-electron chi connectivity index (χ4n) is 3.08. The molecule has 1 aliphatic rings. The van der Waals surface area contributed by atoms with E-state index in [-0.39, 0.29) is 11.4 Å². The molecular formula is C18H18F3N3O3. The number of anilines is 1. The smallest absolute Gasteiger partial charge is 0.416 e. The molecule has 1 fully saturated rings. The molecule has 2 aromatic carbocycles. The van der Waals surface area contributed by atoms with E-state index in [9.17, 15) is 28.4 Å². The lowest BCUT2D eigenvalue weighted by Crippen LogP contribution is -2.46. The van der Waals surface area contributed by atoms with Gasteiger partial charge in [0.05, 0.1) is 10.5 Å². The lowest BCUT2D eigenvalue weighted by Gasteiger charge is -2.36. The van der Waals surface area contributed by atoms with E-state index in [1.54, 1.807) is 0 Å². The summed E-state index contributed by atoms with van der Waals surface area (Å²) in [4.78, 5) is 14.4. The van der Waals surface area contributed by atoms with Crippen molar-refractivity contribution in [2.45, 2.75) is 12.7 Å². The molecule has 0 aliphatic carbocycles. The van der Waals surface area contributed by atoms with Gasteiger partial charge < -0.3 is 10.0 Å². The van der Waals surface area contributed by atoms with Gasteiger partial charge in [0.15, 0.2) is 0 Å². The van der Waals surface area contributed by atoms with E-state index >= 15 is 0 Å². The largest absolute Gasteiger partial charge is 0.508 e. The highest BCUT2D eigenvalue weighted by atomic mass is 19.4. The van der Waals surface area contributed by atoms with Gasteiger partial charge in [-0.25, -0.2) is 0 Å². The Kier molecular flexibility index (Phi) is 5.22. The number of aromatic hydroxyl groups is 1. The molecule has 2 aromatic rings. The molecule has 0 amide bonds. The van der Waals surface area contributed by atoms with Crippen LogP contribution in [0.4, 0.5) is 24.5 Å². The summed E-state index contributed by atoms with van der Waals surface area (Å²) in [7, 11) is 0. The van der Waals surface area contributed by atoms with E-state index in [1.165, 1.54) is 30.3 Å². The van der Waals surface area contributed by atoms with Crippen LogP contribution in [0.3, 0.4) is 0 Å². The molecule has 0 spiro atoms. The van der Waals surface area contributed by atoms with Crippen molar-refractivity contribution in [3.05, 3.63) is 63.7 Å². The van der Waals surface area contributed by atoms with Crippen LogP contribution < -0.4 is 4.90 Å². The van der Waals surface area contributed by atoms with Crippen LogP contribution in [0, 0.1) is 10.1 Å². The van der Waals surface area contributed by atoms with Crippen molar-refractivity contribution in [3.63, 3.8) is 0 Å². The third-order valence-electron chi connectivity index (χ3n) is 4.60. The van der Waals surface area contributed by atoms with Gasteiger partial charge in [0, 0.05) is 56.1 Å². The molecular weight excluding hydrogens is 363 g/mol. The summed E-state index contributed by atoms with van der Waals surface area (Å²) in [6.07, 6.45) is -4.35. The lowest BCUT2D eigenvalue weighted by atomic mass is 10.1. The number of non-ortho nitro benzene ring substituents is 1. The highest BCUT2D eigenvalue weighted by Gasteiger charge is 2.30. The Labute approximate surface area is 153 Å². The molecule has 144 valence electrons. The van der Waals surface area contributed by atoms with Crippen LogP contribution in [-0.4, -0.2) is 41.1 Å². The predicted octanol–water partition coefficient (Wildman–Crippen LogP) is 3.64. The zero-order valence-electron chi connectivity index (χ0n) is 14.3. The van der Waals surface area contributed by atoms with Gasteiger partial charge in [0.1, 0.15) is 5.75 Å². The van der Waals surface area contributed by atoms with Crippen LogP contribution in [0.2, 0.25) is 0 Å². The molecule has 0 unspecified atom stereocenters. The van der Waals surface area contributed by atoms with Gasteiger partial charge >= 0.3 is 6.18 Å². The standard InChI is InChI=1S/C18H18F3N3O3/c19-18(20,21)14-1-3-15(4-2-14)23-9-7-22(8-10-23)12-13-11-16(24(26)27)5-6-17(13)25/h1-6,11,25H,7-10,12H2. The zero-order valence-corrected chi connectivity index (χ0v) is 14.3. The predicted molar refractivity (Wildman–Crippen MR) is 93.7 cm³/mol. The average Bonchev–Trinajstić information content (AvgIpc) is 2.63. The Morgan fingerprint density at radius 1 is 1.04 bits per heavy atom. The number of hydrogen-bond acceptors (Lipinski definition) is 5. The van der Waals surface area contributed by atoms with E-state index in [0.717, 1.165) is 17.8 Å². The first-order chi connectivity index (χ1) is 12.7. The molecule has 9 heteroatoms. The minimum atomic E-state index is -4.35. The van der Waals surface area contributed by atoms with Gasteiger partial charge in [-0.15, -0.1) is 0 Å². The maximum absolute atomic E-state index is 12.6. The van der Waals surface area contributed by atoms with Crippen LogP contribution in [0.5, 0.6) is 5.75 Å². The topological polar surface area (TPSA) is 69.8 Å². The molecule has 3 rings (SSSR count). The van der Waals surface area contributed by atoms with Crippen molar-refractivity contribution in [2.24, 2.45) is 0 Å². The fourth-order valence-corrected chi connectivity index (χ4v) is 3.08. The second-order valence-electron chi connectivity index (χ2n) is 6.38. The first-order valence-corrected chi connectivity index (χ1v) is 8.35. The first kappa shape index (κ1) is 19.0. The number of halogens is 3. The maximum atomic E-state index is 12.6. The summed E-state index contributed by atoms with van der Waals surface area (Å²) in [6, 6.07) is 8.99. The number of rotatable bonds is 4. The molecule has 1 N–H and O–H groups in total. The molecule has 0 aromatic heterocycles. The first-order valence-electron chi connectivity index (χ1n) is 8.35. The summed E-state index contributed by atoms with van der Waals surface area (Å²) >= 11 is 0. The molecule has 0 atom stereocenters. The molecule has 0 radical (unpaired) electrons. The van der Waals surface area contributed by atoms with E-state index < -0.39 is 16.7 Å². The molecule has 27 heavy (non-hydrogen) atoms. The molecule has 0 saturated carbocycles. The monoisotopic (exact) mass is 381 g/mol. The zero-order chi connectivity index (χ0) is 19.6. The fraction of sp³-hybridized carbons (Fsp3) is 0.333. The van der Waals surface area contributed by atoms with Crippen molar-refractivity contribution in [2.75, 3.05) is 31.1 Å². The average molecular weight is 381 g/mol. The lowest BCUT2D eigenvalue weighted by molar-refractivity contribution is -0.385. The second kappa shape index (κ2) is 7.43. The summed E-state index contributed by atoms with van der Waals surface area (Å²) in [5.74, 6) is 0.00534. The van der Waals surface area contributed by atoms with E-state index in [0.29, 0.717) is 38.3 Å². The number of nitro groups is 1. The Bertz CT molecular complexity index is 817. The third kappa shape index (κ3) is 4.48. The quantitative estimate of drug-likeness (QED) is 0.647. The van der Waals surface area contributed by atoms with Gasteiger partial charge in [-0.05, 0) is 30.3 Å². The van der Waals surface area contributed by atoms with Crippen LogP contribution in [0.25, 0.3) is 0 Å². The third-order valence-corrected chi connectivity index (χ3v) is 4.60. The Balaban J connectivity index is 1.61. The minimum absolute atomic E-state index is 0.00534. The molecule has 6 nitrogen and oxygen atoms in total. The van der Waals surface area contributed by atoms with Crippen LogP contribution in [0.15, 0.2) is 42.5 Å². The van der Waals surface area contributed by atoms with E-state index in [4.69, 9.17) is 0 Å². The van der Waals surface area contributed by atoms with Crippen LogP contribution in [0.1, 0.15) is 11.1 Å². The van der Waals surface area contributed by atoms with Gasteiger partial charge in [-0.1, -0.05) is 0 Å². The molecule has 1 heterocycles.